The predicted molar refractivity (Wildman–Crippen MR) is 86.1 cm³/mol. The second kappa shape index (κ2) is 8.28. The minimum absolute atomic E-state index is 0.0558. The number of benzene rings is 1. The van der Waals surface area contributed by atoms with Gasteiger partial charge in [-0.05, 0) is 57.5 Å². The summed E-state index contributed by atoms with van der Waals surface area (Å²) in [5.41, 5.74) is 7.44. The van der Waals surface area contributed by atoms with E-state index in [1.54, 1.807) is 0 Å². The highest BCUT2D eigenvalue weighted by atomic mass is 16.5. The molecule has 20 heavy (non-hydrogen) atoms. The molecule has 0 saturated heterocycles. The van der Waals surface area contributed by atoms with Gasteiger partial charge >= 0.3 is 0 Å². The Kier molecular flexibility index (Phi) is 7.03. The maximum atomic E-state index is 6.27. The van der Waals surface area contributed by atoms with E-state index in [9.17, 15) is 0 Å². The van der Waals surface area contributed by atoms with E-state index in [1.807, 2.05) is 26.0 Å². The lowest BCUT2D eigenvalue weighted by molar-refractivity contribution is 0.242. The van der Waals surface area contributed by atoms with Gasteiger partial charge in [0.2, 0.25) is 0 Å². The van der Waals surface area contributed by atoms with Crippen molar-refractivity contribution in [3.63, 3.8) is 0 Å². The molecule has 1 unspecified atom stereocenters. The molecule has 1 atom stereocenters. The first-order chi connectivity index (χ1) is 9.38. The first kappa shape index (κ1) is 17.0. The van der Waals surface area contributed by atoms with E-state index in [2.05, 4.69) is 37.9 Å². The molecular formula is C17H30N2O. The number of nitrogens with two attached hydrogens (primary N) is 1. The quantitative estimate of drug-likeness (QED) is 0.791. The third kappa shape index (κ3) is 6.40. The Bertz CT molecular complexity index is 373. The van der Waals surface area contributed by atoms with Crippen LogP contribution < -0.4 is 10.5 Å². The Balaban J connectivity index is 2.48. The summed E-state index contributed by atoms with van der Waals surface area (Å²) in [7, 11) is 2.14. The monoisotopic (exact) mass is 278 g/mol. The van der Waals surface area contributed by atoms with Crippen molar-refractivity contribution in [1.82, 2.24) is 4.90 Å². The third-order valence-corrected chi connectivity index (χ3v) is 3.28. The van der Waals surface area contributed by atoms with E-state index in [4.69, 9.17) is 10.5 Å². The lowest BCUT2D eigenvalue weighted by atomic mass is 10.1. The van der Waals surface area contributed by atoms with Gasteiger partial charge in [0.15, 0.2) is 0 Å². The number of hydrogen-bond donors (Lipinski definition) is 1. The molecular weight excluding hydrogens is 248 g/mol. The highest BCUT2D eigenvalue weighted by molar-refractivity contribution is 5.29. The Morgan fingerprint density at radius 3 is 2.20 bits per heavy atom. The largest absolute Gasteiger partial charge is 0.491 e. The van der Waals surface area contributed by atoms with Crippen LogP contribution >= 0.6 is 0 Å². The molecule has 0 aromatic heterocycles. The van der Waals surface area contributed by atoms with E-state index in [-0.39, 0.29) is 12.1 Å². The van der Waals surface area contributed by atoms with Crippen LogP contribution in [0.5, 0.6) is 5.75 Å². The zero-order chi connectivity index (χ0) is 15.1. The molecule has 1 aromatic carbocycles. The second-order valence-electron chi connectivity index (χ2n) is 6.29. The fourth-order valence-electron chi connectivity index (χ4n) is 2.08. The van der Waals surface area contributed by atoms with Crippen molar-refractivity contribution in [2.24, 2.45) is 11.7 Å². The molecule has 0 amide bonds. The van der Waals surface area contributed by atoms with Gasteiger partial charge in [0, 0.05) is 12.6 Å². The summed E-state index contributed by atoms with van der Waals surface area (Å²) < 4.78 is 5.64. The molecule has 3 heteroatoms. The van der Waals surface area contributed by atoms with E-state index in [0.29, 0.717) is 0 Å². The molecule has 0 bridgehead atoms. The third-order valence-electron chi connectivity index (χ3n) is 3.28. The first-order valence-electron chi connectivity index (χ1n) is 7.59. The molecule has 0 heterocycles. The average Bonchev–Trinajstić information content (AvgIpc) is 2.36. The summed E-state index contributed by atoms with van der Waals surface area (Å²) >= 11 is 0. The van der Waals surface area contributed by atoms with Crippen molar-refractivity contribution in [2.45, 2.75) is 46.3 Å². The highest BCUT2D eigenvalue weighted by Gasteiger charge is 2.10. The molecule has 2 N–H and O–H groups in total. The molecule has 0 spiro atoms. The Morgan fingerprint density at radius 1 is 1.10 bits per heavy atom. The van der Waals surface area contributed by atoms with Gasteiger partial charge < -0.3 is 15.4 Å². The Labute approximate surface area is 124 Å². The van der Waals surface area contributed by atoms with Crippen LogP contribution in [0.1, 0.15) is 45.7 Å². The lowest BCUT2D eigenvalue weighted by Crippen LogP contribution is -2.30. The van der Waals surface area contributed by atoms with Crippen molar-refractivity contribution in [1.29, 1.82) is 0 Å². The standard InChI is InChI=1S/C17H30N2O/c1-13(2)10-11-19(5)12-17(18)15-6-8-16(9-7-15)20-14(3)4/h6-9,13-14,17H,10-12,18H2,1-5H3. The molecule has 0 fully saturated rings. The summed E-state index contributed by atoms with van der Waals surface area (Å²) in [5.74, 6) is 1.64. The summed E-state index contributed by atoms with van der Waals surface area (Å²) in [6.45, 7) is 10.5. The van der Waals surface area contributed by atoms with Crippen molar-refractivity contribution in [3.8, 4) is 5.75 Å². The summed E-state index contributed by atoms with van der Waals surface area (Å²) in [4.78, 5) is 2.31. The molecule has 1 rings (SSSR count). The van der Waals surface area contributed by atoms with Crippen molar-refractivity contribution in [3.05, 3.63) is 29.8 Å². The van der Waals surface area contributed by atoms with Gasteiger partial charge in [-0.1, -0.05) is 26.0 Å². The summed E-state index contributed by atoms with van der Waals surface area (Å²) in [6, 6.07) is 8.20. The fourth-order valence-corrected chi connectivity index (χ4v) is 2.08. The summed E-state index contributed by atoms with van der Waals surface area (Å²) in [6.07, 6.45) is 1.42. The van der Waals surface area contributed by atoms with Crippen molar-refractivity contribution >= 4 is 0 Å². The zero-order valence-corrected chi connectivity index (χ0v) is 13.6. The lowest BCUT2D eigenvalue weighted by Gasteiger charge is -2.22. The van der Waals surface area contributed by atoms with Crippen molar-refractivity contribution < 1.29 is 4.74 Å². The topological polar surface area (TPSA) is 38.5 Å². The van der Waals surface area contributed by atoms with Crippen LogP contribution in [0.2, 0.25) is 0 Å². The van der Waals surface area contributed by atoms with Gasteiger partial charge in [0.05, 0.1) is 6.10 Å². The van der Waals surface area contributed by atoms with Gasteiger partial charge in [0.25, 0.3) is 0 Å². The number of likely N-dealkylation sites (N-methyl/N-ethyl adjacent to an activating group) is 1. The number of hydrogen-bond acceptors (Lipinski definition) is 3. The highest BCUT2D eigenvalue weighted by Crippen LogP contribution is 2.18. The Hall–Kier alpha value is -1.06. The van der Waals surface area contributed by atoms with Crippen LogP contribution in [0.3, 0.4) is 0 Å². The maximum Gasteiger partial charge on any atom is 0.119 e. The van der Waals surface area contributed by atoms with E-state index in [1.165, 1.54) is 6.42 Å². The molecule has 0 saturated carbocycles. The predicted octanol–water partition coefficient (Wildman–Crippen LogP) is 3.45. The second-order valence-corrected chi connectivity index (χ2v) is 6.29. The zero-order valence-electron chi connectivity index (χ0n) is 13.6. The molecule has 0 aliphatic heterocycles. The van der Waals surface area contributed by atoms with E-state index >= 15 is 0 Å². The normalized spacial score (nSPS) is 13.2. The minimum Gasteiger partial charge on any atom is -0.491 e. The van der Waals surface area contributed by atoms with Gasteiger partial charge in [0.1, 0.15) is 5.75 Å². The molecule has 114 valence electrons. The van der Waals surface area contributed by atoms with Gasteiger partial charge in [-0.2, -0.15) is 0 Å². The SMILES string of the molecule is CC(C)CCN(C)CC(N)c1ccc(OC(C)C)cc1. The van der Waals surface area contributed by atoms with Gasteiger partial charge in [-0.3, -0.25) is 0 Å². The van der Waals surface area contributed by atoms with Crippen LogP contribution in [0.15, 0.2) is 24.3 Å². The van der Waals surface area contributed by atoms with Crippen LogP contribution in [0, 0.1) is 5.92 Å². The molecule has 0 aliphatic rings. The number of rotatable bonds is 8. The fraction of sp³-hybridized carbons (Fsp3) is 0.647. The van der Waals surface area contributed by atoms with Gasteiger partial charge in [-0.15, -0.1) is 0 Å². The van der Waals surface area contributed by atoms with E-state index in [0.717, 1.165) is 30.3 Å². The maximum absolute atomic E-state index is 6.27. The Morgan fingerprint density at radius 2 is 1.70 bits per heavy atom. The molecule has 1 aromatic rings. The van der Waals surface area contributed by atoms with Crippen LogP contribution in [-0.2, 0) is 0 Å². The molecule has 0 radical (unpaired) electrons. The van der Waals surface area contributed by atoms with Crippen LogP contribution in [-0.4, -0.2) is 31.1 Å². The average molecular weight is 278 g/mol. The minimum atomic E-state index is 0.0558. The van der Waals surface area contributed by atoms with Crippen molar-refractivity contribution in [2.75, 3.05) is 20.1 Å². The number of nitrogens with zero attached hydrogens (tertiary/aromatic N) is 1. The smallest absolute Gasteiger partial charge is 0.119 e. The van der Waals surface area contributed by atoms with Crippen LogP contribution in [0.25, 0.3) is 0 Å². The summed E-state index contributed by atoms with van der Waals surface area (Å²) in [5, 5.41) is 0. The first-order valence-corrected chi connectivity index (χ1v) is 7.59. The van der Waals surface area contributed by atoms with Crippen LogP contribution in [0.4, 0.5) is 0 Å². The number of ether oxygens (including phenoxy) is 1. The van der Waals surface area contributed by atoms with Gasteiger partial charge in [-0.25, -0.2) is 0 Å². The molecule has 0 aliphatic carbocycles. The molecule has 3 nitrogen and oxygen atoms in total. The van der Waals surface area contributed by atoms with E-state index < -0.39 is 0 Å².